The molecule has 0 N–H and O–H groups in total. The molecule has 18 heavy (non-hydrogen) atoms. The van der Waals surface area contributed by atoms with Crippen molar-refractivity contribution >= 4 is 17.7 Å². The highest BCUT2D eigenvalue weighted by Crippen LogP contribution is 2.16. The van der Waals surface area contributed by atoms with Crippen LogP contribution in [0.4, 0.5) is 0 Å². The third-order valence-electron chi connectivity index (χ3n) is 2.24. The number of benzene rings is 1. The van der Waals surface area contributed by atoms with Gasteiger partial charge in [0.1, 0.15) is 6.33 Å². The first-order chi connectivity index (χ1) is 8.79. The van der Waals surface area contributed by atoms with E-state index < -0.39 is 5.97 Å². The molecule has 0 aliphatic heterocycles. The van der Waals surface area contributed by atoms with Crippen molar-refractivity contribution in [3.63, 3.8) is 0 Å². The quantitative estimate of drug-likeness (QED) is 0.608. The largest absolute Gasteiger partial charge is 0.463 e. The summed E-state index contributed by atoms with van der Waals surface area (Å²) in [6.45, 7) is 0.698. The third kappa shape index (κ3) is 3.33. The summed E-state index contributed by atoms with van der Waals surface area (Å²) in [5.74, 6) is 0.459. The van der Waals surface area contributed by atoms with Gasteiger partial charge in [-0.05, 0) is 12.1 Å². The van der Waals surface area contributed by atoms with E-state index in [0.29, 0.717) is 6.54 Å². The smallest absolute Gasteiger partial charge is 0.377 e. The topological polar surface area (TPSA) is 57.0 Å². The van der Waals surface area contributed by atoms with E-state index in [1.165, 1.54) is 18.3 Å². The van der Waals surface area contributed by atoms with E-state index in [2.05, 4.69) is 27.0 Å². The highest BCUT2D eigenvalue weighted by Gasteiger charge is 2.10. The van der Waals surface area contributed by atoms with E-state index in [1.54, 1.807) is 16.4 Å². The zero-order chi connectivity index (χ0) is 12.8. The molecule has 0 atom stereocenters. The van der Waals surface area contributed by atoms with E-state index >= 15 is 0 Å². The molecular weight excluding hydrogens is 250 g/mol. The Morgan fingerprint density at radius 3 is 2.89 bits per heavy atom. The van der Waals surface area contributed by atoms with Crippen molar-refractivity contribution in [1.29, 1.82) is 0 Å². The fraction of sp³-hybridized carbons (Fsp3) is 0.250. The van der Waals surface area contributed by atoms with Gasteiger partial charge in [0, 0.05) is 10.6 Å². The first kappa shape index (κ1) is 12.6. The number of hydrogen-bond donors (Lipinski definition) is 0. The van der Waals surface area contributed by atoms with E-state index in [9.17, 15) is 4.79 Å². The Morgan fingerprint density at radius 2 is 2.17 bits per heavy atom. The van der Waals surface area contributed by atoms with Crippen LogP contribution in [0.5, 0.6) is 0 Å². The molecule has 0 unspecified atom stereocenters. The minimum absolute atomic E-state index is 0.0993. The maximum absolute atomic E-state index is 11.2. The standard InChI is InChI=1S/C12H13N3O2S/c1-17-12(16)11-13-9-15(14-11)7-8-18-10-5-3-2-4-6-10/h2-6,9H,7-8H2,1H3. The van der Waals surface area contributed by atoms with Gasteiger partial charge in [0.25, 0.3) is 5.82 Å². The van der Waals surface area contributed by atoms with Crippen molar-refractivity contribution in [2.45, 2.75) is 11.4 Å². The molecule has 2 aromatic rings. The lowest BCUT2D eigenvalue weighted by atomic mass is 10.4. The van der Waals surface area contributed by atoms with Crippen LogP contribution in [0.1, 0.15) is 10.6 Å². The van der Waals surface area contributed by atoms with Crippen LogP contribution in [0.25, 0.3) is 0 Å². The number of aryl methyl sites for hydroxylation is 1. The first-order valence-electron chi connectivity index (χ1n) is 5.45. The second kappa shape index (κ2) is 6.20. The zero-order valence-corrected chi connectivity index (χ0v) is 10.8. The molecule has 0 fully saturated rings. The molecule has 0 aliphatic rings. The molecule has 1 aromatic heterocycles. The fourth-order valence-electron chi connectivity index (χ4n) is 1.36. The van der Waals surface area contributed by atoms with Crippen LogP contribution in [-0.4, -0.2) is 33.6 Å². The summed E-state index contributed by atoms with van der Waals surface area (Å²) in [5.41, 5.74) is 0. The van der Waals surface area contributed by atoms with Crippen molar-refractivity contribution in [3.05, 3.63) is 42.5 Å². The Morgan fingerprint density at radius 1 is 1.39 bits per heavy atom. The summed E-state index contributed by atoms with van der Waals surface area (Å²) in [5, 5.41) is 4.03. The lowest BCUT2D eigenvalue weighted by Crippen LogP contribution is -2.06. The van der Waals surface area contributed by atoms with Gasteiger partial charge in [-0.2, -0.15) is 0 Å². The van der Waals surface area contributed by atoms with Crippen molar-refractivity contribution in [2.24, 2.45) is 0 Å². The van der Waals surface area contributed by atoms with Crippen molar-refractivity contribution in [2.75, 3.05) is 12.9 Å². The van der Waals surface area contributed by atoms with E-state index in [-0.39, 0.29) is 5.82 Å². The molecule has 6 heteroatoms. The predicted octanol–water partition coefficient (Wildman–Crippen LogP) is 1.86. The number of esters is 1. The number of ether oxygens (including phenoxy) is 1. The van der Waals surface area contributed by atoms with E-state index in [0.717, 1.165) is 5.75 Å². The number of methoxy groups -OCH3 is 1. The highest BCUT2D eigenvalue weighted by molar-refractivity contribution is 7.99. The summed E-state index contributed by atoms with van der Waals surface area (Å²) in [7, 11) is 1.31. The second-order valence-electron chi connectivity index (χ2n) is 3.48. The van der Waals surface area contributed by atoms with Crippen molar-refractivity contribution in [1.82, 2.24) is 14.8 Å². The number of carbonyl (C=O) groups is 1. The van der Waals surface area contributed by atoms with Crippen LogP contribution in [0, 0.1) is 0 Å². The molecule has 0 bridgehead atoms. The van der Waals surface area contributed by atoms with Gasteiger partial charge in [-0.3, -0.25) is 4.68 Å². The fourth-order valence-corrected chi connectivity index (χ4v) is 2.22. The number of aromatic nitrogens is 3. The Balaban J connectivity index is 1.84. The van der Waals surface area contributed by atoms with Crippen molar-refractivity contribution < 1.29 is 9.53 Å². The van der Waals surface area contributed by atoms with Gasteiger partial charge < -0.3 is 4.74 Å². The third-order valence-corrected chi connectivity index (χ3v) is 3.23. The average molecular weight is 263 g/mol. The summed E-state index contributed by atoms with van der Waals surface area (Å²) >= 11 is 1.73. The average Bonchev–Trinajstić information content (AvgIpc) is 2.88. The molecule has 0 spiro atoms. The molecule has 0 aliphatic carbocycles. The number of rotatable bonds is 5. The minimum atomic E-state index is -0.510. The monoisotopic (exact) mass is 263 g/mol. The van der Waals surface area contributed by atoms with Gasteiger partial charge in [0.15, 0.2) is 0 Å². The normalized spacial score (nSPS) is 10.3. The van der Waals surface area contributed by atoms with Crippen LogP contribution in [0.2, 0.25) is 0 Å². The SMILES string of the molecule is COC(=O)c1ncn(CCSc2ccccc2)n1. The maximum Gasteiger partial charge on any atom is 0.377 e. The number of nitrogens with zero attached hydrogens (tertiary/aromatic N) is 3. The Labute approximate surface area is 109 Å². The minimum Gasteiger partial charge on any atom is -0.463 e. The number of thioether (sulfide) groups is 1. The molecular formula is C12H13N3O2S. The van der Waals surface area contributed by atoms with E-state index in [4.69, 9.17) is 0 Å². The molecule has 0 saturated carbocycles. The van der Waals surface area contributed by atoms with Crippen LogP contribution in [0.15, 0.2) is 41.6 Å². The second-order valence-corrected chi connectivity index (χ2v) is 4.65. The lowest BCUT2D eigenvalue weighted by Gasteiger charge is -2.01. The molecule has 5 nitrogen and oxygen atoms in total. The van der Waals surface area contributed by atoms with Crippen LogP contribution < -0.4 is 0 Å². The van der Waals surface area contributed by atoms with Gasteiger partial charge >= 0.3 is 5.97 Å². The summed E-state index contributed by atoms with van der Waals surface area (Å²) in [4.78, 5) is 16.3. The van der Waals surface area contributed by atoms with Gasteiger partial charge in [-0.25, -0.2) is 9.78 Å². The molecule has 0 amide bonds. The summed E-state index contributed by atoms with van der Waals surface area (Å²) in [6.07, 6.45) is 1.54. The maximum atomic E-state index is 11.2. The predicted molar refractivity (Wildman–Crippen MR) is 68.5 cm³/mol. The van der Waals surface area contributed by atoms with Gasteiger partial charge in [-0.15, -0.1) is 16.9 Å². The van der Waals surface area contributed by atoms with Crippen LogP contribution >= 0.6 is 11.8 Å². The summed E-state index contributed by atoms with van der Waals surface area (Å²) in [6, 6.07) is 10.1. The Hall–Kier alpha value is -1.82. The van der Waals surface area contributed by atoms with Crippen LogP contribution in [0.3, 0.4) is 0 Å². The highest BCUT2D eigenvalue weighted by atomic mass is 32.2. The van der Waals surface area contributed by atoms with E-state index in [1.807, 2.05) is 18.2 Å². The number of hydrogen-bond acceptors (Lipinski definition) is 5. The Kier molecular flexibility index (Phi) is 4.35. The van der Waals surface area contributed by atoms with Crippen LogP contribution in [-0.2, 0) is 11.3 Å². The molecule has 2 rings (SSSR count). The lowest BCUT2D eigenvalue weighted by molar-refractivity contribution is 0.0586. The molecule has 94 valence electrons. The van der Waals surface area contributed by atoms with Crippen molar-refractivity contribution in [3.8, 4) is 0 Å². The first-order valence-corrected chi connectivity index (χ1v) is 6.44. The van der Waals surface area contributed by atoms with Gasteiger partial charge in [0.2, 0.25) is 0 Å². The molecule has 1 heterocycles. The Bertz CT molecular complexity index is 513. The van der Waals surface area contributed by atoms with Gasteiger partial charge in [-0.1, -0.05) is 18.2 Å². The zero-order valence-electron chi connectivity index (χ0n) is 9.94. The number of carbonyl (C=O) groups excluding carboxylic acids is 1. The van der Waals surface area contributed by atoms with Gasteiger partial charge in [0.05, 0.1) is 13.7 Å². The molecule has 0 saturated heterocycles. The molecule has 1 aromatic carbocycles. The molecule has 0 radical (unpaired) electrons. The summed E-state index contributed by atoms with van der Waals surface area (Å²) < 4.78 is 6.18.